The maximum Gasteiger partial charge on any atom is 1.00 e. The van der Waals surface area contributed by atoms with Gasteiger partial charge in [-0.05, 0) is 0 Å². The molecule has 0 saturated heterocycles. The summed E-state index contributed by atoms with van der Waals surface area (Å²) in [7, 11) is 0. The van der Waals surface area contributed by atoms with Crippen LogP contribution in [0.3, 0.4) is 0 Å². The van der Waals surface area contributed by atoms with Crippen molar-refractivity contribution in [3.05, 3.63) is 0 Å². The van der Waals surface area contributed by atoms with E-state index in [0.29, 0.717) is 0 Å². The molecule has 16 heavy (non-hydrogen) atoms. The summed E-state index contributed by atoms with van der Waals surface area (Å²) >= 11 is 20.1. The van der Waals surface area contributed by atoms with Crippen LogP contribution in [0.15, 0.2) is 0 Å². The van der Waals surface area contributed by atoms with Gasteiger partial charge in [-0.25, -0.2) is 0 Å². The molecule has 126 valence electrons. The van der Waals surface area contributed by atoms with E-state index in [4.69, 9.17) is 0 Å². The third kappa shape index (κ3) is 439. The van der Waals surface area contributed by atoms with Gasteiger partial charge in [0.15, 0.2) is 0 Å². The quantitative estimate of drug-likeness (QED) is 0.253. The number of hydrogen-bond acceptors (Lipinski definition) is 0. The second kappa shape index (κ2) is 16.3. The van der Waals surface area contributed by atoms with E-state index in [2.05, 4.69) is 79.8 Å². The fraction of sp³-hybridized carbons (Fsp3) is 0. The maximum absolute atomic E-state index is 3.35. The Morgan fingerprint density at radius 1 is 0.375 bits per heavy atom. The zero-order chi connectivity index (χ0) is 6.41. The first-order chi connectivity index (χ1) is 2.45. The number of halogens is 6. The zero-order valence-corrected chi connectivity index (χ0v) is 18.9. The van der Waals surface area contributed by atoms with Crippen molar-refractivity contribution < 1.29 is 53.4 Å². The Labute approximate surface area is 131 Å². The van der Waals surface area contributed by atoms with E-state index in [1.807, 2.05) is 0 Å². The third-order valence-electron chi connectivity index (χ3n) is 0. The SMILES string of the molecule is O.O.O.O.O.O.O.O.O.[Br][Pt-2]([Br])([Br])([Br])([Br])[Br].[H+].[H+]. The van der Waals surface area contributed by atoms with E-state index < -0.39 is 1.22 Å². The van der Waals surface area contributed by atoms with Gasteiger partial charge >= 0.3 is 83.9 Å². The van der Waals surface area contributed by atoms with E-state index in [-0.39, 0.29) is 52.1 Å². The van der Waals surface area contributed by atoms with Gasteiger partial charge in [0.1, 0.15) is 0 Å². The Morgan fingerprint density at radius 2 is 0.375 bits per heavy atom. The Bertz CT molecular complexity index is 87.6. The molecule has 0 aromatic heterocycles. The Morgan fingerprint density at radius 3 is 0.375 bits per heavy atom. The second-order valence-corrected chi connectivity index (χ2v) is 150. The number of hydrogen-bond donors (Lipinski definition) is 0. The van der Waals surface area contributed by atoms with E-state index in [9.17, 15) is 0 Å². The van der Waals surface area contributed by atoms with Crippen molar-refractivity contribution in [3.8, 4) is 0 Å². The molecule has 0 aliphatic rings. The van der Waals surface area contributed by atoms with E-state index in [1.165, 1.54) is 0 Å². The molecule has 9 nitrogen and oxygen atoms in total. The predicted molar refractivity (Wildman–Crippen MR) is 88.3 cm³/mol. The fourth-order valence-corrected chi connectivity index (χ4v) is 0. The van der Waals surface area contributed by atoms with Crippen LogP contribution in [0.5, 0.6) is 0 Å². The smallest absolute Gasteiger partial charge is 1.00 e. The molecular weight excluding hydrogens is 818 g/mol. The fourth-order valence-electron chi connectivity index (χ4n) is 0. The molecule has 0 radical (unpaired) electrons. The Kier molecular flexibility index (Phi) is 76.3. The van der Waals surface area contributed by atoms with Gasteiger partial charge in [0.05, 0.1) is 0 Å². The molecule has 0 aromatic rings. The molecule has 0 amide bonds. The first-order valence-electron chi connectivity index (χ1n) is 0.717. The van der Waals surface area contributed by atoms with Crippen LogP contribution in [0.25, 0.3) is 0 Å². The third-order valence-corrected chi connectivity index (χ3v) is 0. The molecule has 0 aliphatic heterocycles. The van der Waals surface area contributed by atoms with Crippen LogP contribution in [0.2, 0.25) is 0 Å². The molecule has 0 bridgehead atoms. The molecular formula is H20Br6O9Pt. The van der Waals surface area contributed by atoms with Gasteiger partial charge in [-0.1, -0.05) is 0 Å². The molecule has 0 atom stereocenters. The minimum absolute atomic E-state index is 0. The van der Waals surface area contributed by atoms with Crippen LogP contribution in [0.1, 0.15) is 2.85 Å². The topological polar surface area (TPSA) is 284 Å². The molecule has 0 heterocycles. The van der Waals surface area contributed by atoms with Crippen LogP contribution in [0, 0.1) is 0 Å². The van der Waals surface area contributed by atoms with Gasteiger partial charge in [0.2, 0.25) is 0 Å². The molecule has 0 spiro atoms. The van der Waals surface area contributed by atoms with Crippen molar-refractivity contribution in [1.29, 1.82) is 0 Å². The van der Waals surface area contributed by atoms with E-state index >= 15 is 0 Å². The van der Waals surface area contributed by atoms with Crippen molar-refractivity contribution in [1.82, 2.24) is 0 Å². The molecule has 0 aliphatic carbocycles. The molecule has 0 fully saturated rings. The average molecular weight is 839 g/mol. The first-order valence-corrected chi connectivity index (χ1v) is 30.5. The van der Waals surface area contributed by atoms with Gasteiger partial charge in [0.25, 0.3) is 0 Å². The van der Waals surface area contributed by atoms with Crippen LogP contribution in [-0.4, -0.2) is 49.3 Å². The standard InChI is InChI=1S/6BrH.9H2O.Pt/h6*1H;9*1H2;/q;;;;;;;;;;;;;;;+4/p-4. The first kappa shape index (κ1) is 75.1. The summed E-state index contributed by atoms with van der Waals surface area (Å²) in [6, 6.07) is 0. The summed E-state index contributed by atoms with van der Waals surface area (Å²) in [6.45, 7) is 0. The molecule has 18 N–H and O–H groups in total. The van der Waals surface area contributed by atoms with E-state index in [0.717, 1.165) is 0 Å². The second-order valence-electron chi connectivity index (χ2n) is 0.678. The summed E-state index contributed by atoms with van der Waals surface area (Å²) in [5.41, 5.74) is 0. The summed E-state index contributed by atoms with van der Waals surface area (Å²) in [5, 5.41) is 0. The summed E-state index contributed by atoms with van der Waals surface area (Å²) in [5.74, 6) is 0. The van der Waals surface area contributed by atoms with Gasteiger partial charge in [-0.15, -0.1) is 0 Å². The Balaban J connectivity index is -0.00000000327. The van der Waals surface area contributed by atoms with Crippen molar-refractivity contribution in [2.45, 2.75) is 0 Å². The van der Waals surface area contributed by atoms with Crippen LogP contribution in [-0.2, 0) is 1.22 Å². The molecule has 16 heteroatoms. The van der Waals surface area contributed by atoms with Gasteiger partial charge in [0, 0.05) is 0 Å². The summed E-state index contributed by atoms with van der Waals surface area (Å²) in [4.78, 5) is 0. The molecule has 0 saturated carbocycles. The maximum atomic E-state index is 3.35. The van der Waals surface area contributed by atoms with Gasteiger partial charge in [-0.3, -0.25) is 0 Å². The normalized spacial score (nSPS) is 10.1. The van der Waals surface area contributed by atoms with Gasteiger partial charge < -0.3 is 49.3 Å². The van der Waals surface area contributed by atoms with Crippen molar-refractivity contribution >= 4 is 79.8 Å². The zero-order valence-electron chi connectivity index (χ0n) is 9.08. The van der Waals surface area contributed by atoms with Crippen LogP contribution < -0.4 is 0 Å². The molecule has 0 aromatic carbocycles. The summed E-state index contributed by atoms with van der Waals surface area (Å²) < 4.78 is -3.25. The summed E-state index contributed by atoms with van der Waals surface area (Å²) in [6.07, 6.45) is 0. The van der Waals surface area contributed by atoms with Gasteiger partial charge in [-0.2, -0.15) is 0 Å². The molecule has 0 rings (SSSR count). The predicted octanol–water partition coefficient (Wildman–Crippen LogP) is -2.13. The van der Waals surface area contributed by atoms with E-state index in [1.54, 1.807) is 0 Å². The Hall–Kier alpha value is 3.21. The minimum atomic E-state index is -3.25. The minimum Gasteiger partial charge on any atom is 1.00 e. The number of rotatable bonds is 0. The van der Waals surface area contributed by atoms with Crippen LogP contribution in [0.4, 0.5) is 0 Å². The monoisotopic (exact) mass is 833 g/mol. The largest absolute Gasteiger partial charge is 1.00 e. The van der Waals surface area contributed by atoms with Crippen molar-refractivity contribution in [2.24, 2.45) is 0 Å². The molecule has 0 unspecified atom stereocenters. The van der Waals surface area contributed by atoms with Crippen molar-refractivity contribution in [3.63, 3.8) is 0 Å². The average Bonchev–Trinajstić information content (AvgIpc) is 0.592. The van der Waals surface area contributed by atoms with Crippen molar-refractivity contribution in [2.75, 3.05) is 0 Å². The van der Waals surface area contributed by atoms with Crippen LogP contribution >= 0.6 is 79.8 Å².